The van der Waals surface area contributed by atoms with Crippen LogP contribution in [0.3, 0.4) is 0 Å². The smallest absolute Gasteiger partial charge is 0.243 e. The molecule has 2 atom stereocenters. The summed E-state index contributed by atoms with van der Waals surface area (Å²) in [7, 11) is 3.40. The lowest BCUT2D eigenvalue weighted by atomic mass is 10.1. The quantitative estimate of drug-likeness (QED) is 0.519. The molecule has 1 heterocycles. The van der Waals surface area contributed by atoms with Crippen molar-refractivity contribution in [3.05, 3.63) is 30.1 Å². The first-order valence-electron chi connectivity index (χ1n) is 9.70. The predicted octanol–water partition coefficient (Wildman–Crippen LogP) is 1.79. The zero-order valence-corrected chi connectivity index (χ0v) is 16.9. The summed E-state index contributed by atoms with van der Waals surface area (Å²) in [5.74, 6) is 0.761. The van der Waals surface area contributed by atoms with Crippen LogP contribution in [0.25, 0.3) is 0 Å². The molecule has 1 aromatic carbocycles. The van der Waals surface area contributed by atoms with Crippen molar-refractivity contribution in [3.63, 3.8) is 0 Å². The maximum absolute atomic E-state index is 13.0. The number of hydrogen-bond acceptors (Lipinski definition) is 4. The minimum atomic E-state index is -0.299. The molecule has 1 aromatic rings. The fraction of sp³-hybridized carbons (Fsp3) is 0.600. The van der Waals surface area contributed by atoms with Gasteiger partial charge in [0.1, 0.15) is 24.2 Å². The van der Waals surface area contributed by atoms with Gasteiger partial charge in [-0.3, -0.25) is 4.79 Å². The van der Waals surface area contributed by atoms with Gasteiger partial charge in [0.25, 0.3) is 0 Å². The molecule has 28 heavy (non-hydrogen) atoms. The van der Waals surface area contributed by atoms with E-state index < -0.39 is 0 Å². The highest BCUT2D eigenvalue weighted by Crippen LogP contribution is 2.13. The number of guanidine groups is 1. The molecule has 8 heteroatoms. The summed E-state index contributed by atoms with van der Waals surface area (Å²) < 4.78 is 24.5. The third-order valence-corrected chi connectivity index (χ3v) is 4.35. The molecule has 2 N–H and O–H groups in total. The van der Waals surface area contributed by atoms with Gasteiger partial charge in [-0.15, -0.1) is 0 Å². The third kappa shape index (κ3) is 8.12. The summed E-state index contributed by atoms with van der Waals surface area (Å²) >= 11 is 0. The first kappa shape index (κ1) is 21.9. The van der Waals surface area contributed by atoms with Gasteiger partial charge in [0.2, 0.25) is 5.91 Å². The van der Waals surface area contributed by atoms with Gasteiger partial charge in [-0.25, -0.2) is 9.38 Å². The van der Waals surface area contributed by atoms with Gasteiger partial charge in [0, 0.05) is 27.2 Å². The standard InChI is InChI=1S/C20H31FN4O3/c1-15(28-17-9-7-16(21)8-10-17)12-22-20(24-14-19(26)25(2)3)23-13-18-6-4-5-11-27-18/h7-10,15,18H,4-6,11-14H2,1-3H3,(H2,22,23,24). The maximum Gasteiger partial charge on any atom is 0.243 e. The number of aliphatic imine (C=N–C) groups is 1. The second kappa shape index (κ2) is 11.5. The third-order valence-electron chi connectivity index (χ3n) is 4.35. The number of benzene rings is 1. The maximum atomic E-state index is 13.0. The lowest BCUT2D eigenvalue weighted by molar-refractivity contribution is -0.127. The van der Waals surface area contributed by atoms with Crippen LogP contribution in [0.2, 0.25) is 0 Å². The number of ether oxygens (including phenoxy) is 2. The van der Waals surface area contributed by atoms with E-state index in [0.29, 0.717) is 24.8 Å². The highest BCUT2D eigenvalue weighted by Gasteiger charge is 2.15. The second-order valence-corrected chi connectivity index (χ2v) is 7.09. The molecule has 0 radical (unpaired) electrons. The molecule has 0 saturated carbocycles. The Balaban J connectivity index is 1.86. The Morgan fingerprint density at radius 1 is 1.32 bits per heavy atom. The van der Waals surface area contributed by atoms with E-state index in [1.165, 1.54) is 17.0 Å². The average molecular weight is 394 g/mol. The molecule has 0 aliphatic carbocycles. The fourth-order valence-corrected chi connectivity index (χ4v) is 2.67. The van der Waals surface area contributed by atoms with Crippen molar-refractivity contribution >= 4 is 11.9 Å². The number of likely N-dealkylation sites (N-methyl/N-ethyl adjacent to an activating group) is 1. The van der Waals surface area contributed by atoms with E-state index in [0.717, 1.165) is 25.9 Å². The van der Waals surface area contributed by atoms with Gasteiger partial charge in [-0.2, -0.15) is 0 Å². The van der Waals surface area contributed by atoms with Gasteiger partial charge in [0.15, 0.2) is 5.96 Å². The van der Waals surface area contributed by atoms with Crippen LogP contribution in [-0.2, 0) is 9.53 Å². The normalized spacial score (nSPS) is 18.3. The Morgan fingerprint density at radius 2 is 2.07 bits per heavy atom. The van der Waals surface area contributed by atoms with E-state index in [4.69, 9.17) is 9.47 Å². The van der Waals surface area contributed by atoms with E-state index in [9.17, 15) is 9.18 Å². The first-order chi connectivity index (χ1) is 13.4. The lowest BCUT2D eigenvalue weighted by Gasteiger charge is -2.24. The molecule has 1 fully saturated rings. The SMILES string of the molecule is CC(CNC(=NCC(=O)N(C)C)NCC1CCCCO1)Oc1ccc(F)cc1. The van der Waals surface area contributed by atoms with Crippen LogP contribution in [0, 0.1) is 5.82 Å². The van der Waals surface area contributed by atoms with Gasteiger partial charge >= 0.3 is 0 Å². The highest BCUT2D eigenvalue weighted by atomic mass is 19.1. The molecule has 0 bridgehead atoms. The molecule has 2 rings (SSSR count). The van der Waals surface area contributed by atoms with Crippen LogP contribution in [-0.4, -0.2) is 69.3 Å². The van der Waals surface area contributed by atoms with Crippen molar-refractivity contribution in [3.8, 4) is 5.75 Å². The Kier molecular flexibility index (Phi) is 9.00. The first-order valence-corrected chi connectivity index (χ1v) is 9.70. The van der Waals surface area contributed by atoms with Gasteiger partial charge in [-0.05, 0) is 50.5 Å². The van der Waals surface area contributed by atoms with E-state index >= 15 is 0 Å². The van der Waals surface area contributed by atoms with E-state index in [2.05, 4.69) is 15.6 Å². The molecular weight excluding hydrogens is 363 g/mol. The Bertz CT molecular complexity index is 631. The Morgan fingerprint density at radius 3 is 2.71 bits per heavy atom. The highest BCUT2D eigenvalue weighted by molar-refractivity contribution is 5.84. The van der Waals surface area contributed by atoms with Gasteiger partial charge in [-0.1, -0.05) is 0 Å². The number of carbonyl (C=O) groups is 1. The molecule has 156 valence electrons. The molecule has 1 aliphatic rings. The number of carbonyl (C=O) groups excluding carboxylic acids is 1. The minimum Gasteiger partial charge on any atom is -0.489 e. The summed E-state index contributed by atoms with van der Waals surface area (Å²) in [5.41, 5.74) is 0. The van der Waals surface area contributed by atoms with Crippen LogP contribution < -0.4 is 15.4 Å². The predicted molar refractivity (Wildman–Crippen MR) is 107 cm³/mol. The van der Waals surface area contributed by atoms with Crippen LogP contribution in [0.1, 0.15) is 26.2 Å². The Hall–Kier alpha value is -2.35. The average Bonchev–Trinajstić information content (AvgIpc) is 2.69. The van der Waals surface area contributed by atoms with E-state index in [1.54, 1.807) is 26.2 Å². The Labute approximate surface area is 166 Å². The molecule has 0 aromatic heterocycles. The summed E-state index contributed by atoms with van der Waals surface area (Å²) in [6.45, 7) is 3.86. The molecule has 0 spiro atoms. The largest absolute Gasteiger partial charge is 0.489 e. The molecule has 1 amide bonds. The summed E-state index contributed by atoms with van der Waals surface area (Å²) in [5, 5.41) is 6.45. The van der Waals surface area contributed by atoms with E-state index in [-0.39, 0.29) is 30.5 Å². The topological polar surface area (TPSA) is 75.2 Å². The van der Waals surface area contributed by atoms with Crippen LogP contribution in [0.5, 0.6) is 5.75 Å². The summed E-state index contributed by atoms with van der Waals surface area (Å²) in [6.07, 6.45) is 3.26. The zero-order valence-electron chi connectivity index (χ0n) is 16.9. The molecule has 1 saturated heterocycles. The monoisotopic (exact) mass is 394 g/mol. The van der Waals surface area contributed by atoms with Crippen molar-refractivity contribution in [1.29, 1.82) is 0 Å². The molecule has 2 unspecified atom stereocenters. The van der Waals surface area contributed by atoms with Gasteiger partial charge in [0.05, 0.1) is 12.6 Å². The van der Waals surface area contributed by atoms with Gasteiger partial charge < -0.3 is 25.0 Å². The minimum absolute atomic E-state index is 0.0566. The number of halogens is 1. The number of hydrogen-bond donors (Lipinski definition) is 2. The summed E-state index contributed by atoms with van der Waals surface area (Å²) in [6, 6.07) is 5.91. The molecule has 1 aliphatic heterocycles. The molecule has 7 nitrogen and oxygen atoms in total. The number of rotatable bonds is 8. The van der Waals surface area contributed by atoms with Crippen molar-refractivity contribution < 1.29 is 18.7 Å². The van der Waals surface area contributed by atoms with Crippen LogP contribution in [0.15, 0.2) is 29.3 Å². The van der Waals surface area contributed by atoms with Crippen molar-refractivity contribution in [1.82, 2.24) is 15.5 Å². The van der Waals surface area contributed by atoms with Crippen molar-refractivity contribution in [2.45, 2.75) is 38.4 Å². The summed E-state index contributed by atoms with van der Waals surface area (Å²) in [4.78, 5) is 17.7. The zero-order chi connectivity index (χ0) is 20.4. The number of nitrogens with one attached hydrogen (secondary N) is 2. The second-order valence-electron chi connectivity index (χ2n) is 7.09. The van der Waals surface area contributed by atoms with Crippen LogP contribution >= 0.6 is 0 Å². The van der Waals surface area contributed by atoms with Crippen molar-refractivity contribution in [2.24, 2.45) is 4.99 Å². The lowest BCUT2D eigenvalue weighted by Crippen LogP contribution is -2.45. The van der Waals surface area contributed by atoms with Crippen LogP contribution in [0.4, 0.5) is 4.39 Å². The van der Waals surface area contributed by atoms with Crippen molar-refractivity contribution in [2.75, 3.05) is 40.3 Å². The van der Waals surface area contributed by atoms with E-state index in [1.807, 2.05) is 6.92 Å². The number of nitrogens with zero attached hydrogens (tertiary/aromatic N) is 2. The molecular formula is C20H31FN4O3. The fourth-order valence-electron chi connectivity index (χ4n) is 2.67. The number of amides is 1.